The Morgan fingerprint density at radius 1 is 0.917 bits per heavy atom. The van der Waals surface area contributed by atoms with Crippen molar-refractivity contribution in [2.45, 2.75) is 13.5 Å². The van der Waals surface area contributed by atoms with Gasteiger partial charge in [0, 0.05) is 23.1 Å². The summed E-state index contributed by atoms with van der Waals surface area (Å²) in [5.74, 6) is -0.0951. The van der Waals surface area contributed by atoms with E-state index in [1.165, 1.54) is 0 Å². The minimum absolute atomic E-state index is 0.0951. The molecule has 0 aliphatic rings. The van der Waals surface area contributed by atoms with Gasteiger partial charge in [-0.1, -0.05) is 24.3 Å². The van der Waals surface area contributed by atoms with Crippen molar-refractivity contribution in [1.82, 2.24) is 4.98 Å². The van der Waals surface area contributed by atoms with Gasteiger partial charge in [-0.15, -0.1) is 0 Å². The number of pyridine rings is 1. The number of anilines is 2. The second-order valence-electron chi connectivity index (χ2n) is 5.52. The number of carbonyl (C=O) groups is 1. The summed E-state index contributed by atoms with van der Waals surface area (Å²) in [6.45, 7) is 2.59. The van der Waals surface area contributed by atoms with Crippen LogP contribution in [0, 0.1) is 6.92 Å². The Balaban J connectivity index is 1.60. The fraction of sp³-hybridized carbons (Fsp3) is 0.100. The molecule has 120 valence electrons. The molecule has 4 heteroatoms. The van der Waals surface area contributed by atoms with E-state index in [2.05, 4.69) is 15.6 Å². The summed E-state index contributed by atoms with van der Waals surface area (Å²) < 4.78 is 0. The van der Waals surface area contributed by atoms with Crippen LogP contribution < -0.4 is 10.6 Å². The van der Waals surface area contributed by atoms with Gasteiger partial charge in [-0.25, -0.2) is 0 Å². The Morgan fingerprint density at radius 2 is 1.62 bits per heavy atom. The van der Waals surface area contributed by atoms with Crippen LogP contribution in [0.4, 0.5) is 11.4 Å². The summed E-state index contributed by atoms with van der Waals surface area (Å²) in [5, 5.41) is 6.23. The van der Waals surface area contributed by atoms with Crippen molar-refractivity contribution in [2.75, 3.05) is 10.6 Å². The number of aryl methyl sites for hydroxylation is 1. The van der Waals surface area contributed by atoms with Gasteiger partial charge in [-0.05, 0) is 55.0 Å². The van der Waals surface area contributed by atoms with Crippen LogP contribution in [-0.2, 0) is 6.54 Å². The molecule has 0 atom stereocenters. The van der Waals surface area contributed by atoms with Crippen LogP contribution in [-0.4, -0.2) is 10.9 Å². The molecule has 4 nitrogen and oxygen atoms in total. The highest BCUT2D eigenvalue weighted by Gasteiger charge is 2.08. The predicted molar refractivity (Wildman–Crippen MR) is 97.1 cm³/mol. The number of aromatic nitrogens is 1. The van der Waals surface area contributed by atoms with E-state index in [4.69, 9.17) is 0 Å². The van der Waals surface area contributed by atoms with Crippen molar-refractivity contribution in [2.24, 2.45) is 0 Å². The Bertz CT molecular complexity index is 814. The normalized spacial score (nSPS) is 10.2. The Kier molecular flexibility index (Phi) is 4.87. The quantitative estimate of drug-likeness (QED) is 0.739. The monoisotopic (exact) mass is 317 g/mol. The van der Waals surface area contributed by atoms with Gasteiger partial charge in [-0.2, -0.15) is 0 Å². The van der Waals surface area contributed by atoms with E-state index in [1.54, 1.807) is 6.20 Å². The Morgan fingerprint density at radius 3 is 2.33 bits per heavy atom. The first-order valence-corrected chi connectivity index (χ1v) is 7.83. The fourth-order valence-corrected chi connectivity index (χ4v) is 2.39. The van der Waals surface area contributed by atoms with E-state index in [1.807, 2.05) is 73.7 Å². The highest BCUT2D eigenvalue weighted by Crippen LogP contribution is 2.16. The summed E-state index contributed by atoms with van der Waals surface area (Å²) in [4.78, 5) is 16.6. The van der Waals surface area contributed by atoms with E-state index in [-0.39, 0.29) is 5.91 Å². The molecule has 2 N–H and O–H groups in total. The number of hydrogen-bond donors (Lipinski definition) is 2. The smallest absolute Gasteiger partial charge is 0.255 e. The first-order chi connectivity index (χ1) is 11.7. The third kappa shape index (κ3) is 3.98. The third-order valence-electron chi connectivity index (χ3n) is 3.73. The van der Waals surface area contributed by atoms with Crippen LogP contribution in [0.1, 0.15) is 21.6 Å². The molecule has 1 aromatic heterocycles. The van der Waals surface area contributed by atoms with Gasteiger partial charge in [0.1, 0.15) is 0 Å². The molecule has 2 aromatic carbocycles. The molecule has 3 rings (SSSR count). The fourth-order valence-electron chi connectivity index (χ4n) is 2.39. The number of amides is 1. The van der Waals surface area contributed by atoms with E-state index in [9.17, 15) is 4.79 Å². The van der Waals surface area contributed by atoms with Crippen molar-refractivity contribution >= 4 is 17.3 Å². The molecule has 0 aliphatic heterocycles. The Labute approximate surface area is 141 Å². The zero-order chi connectivity index (χ0) is 16.8. The van der Waals surface area contributed by atoms with Crippen molar-refractivity contribution in [3.8, 4) is 0 Å². The molecule has 0 spiro atoms. The Hall–Kier alpha value is -3.14. The van der Waals surface area contributed by atoms with Gasteiger partial charge in [0.25, 0.3) is 5.91 Å². The standard InChI is InChI=1S/C20H19N3O/c1-15-6-2-3-8-19(15)20(24)23-17-11-9-16(10-12-17)22-14-18-7-4-5-13-21-18/h2-13,22H,14H2,1H3,(H,23,24). The molecular weight excluding hydrogens is 298 g/mol. The summed E-state index contributed by atoms with van der Waals surface area (Å²) in [5.41, 5.74) is 4.38. The van der Waals surface area contributed by atoms with Gasteiger partial charge in [0.2, 0.25) is 0 Å². The number of nitrogens with zero attached hydrogens (tertiary/aromatic N) is 1. The maximum absolute atomic E-state index is 12.3. The molecule has 3 aromatic rings. The highest BCUT2D eigenvalue weighted by molar-refractivity contribution is 6.05. The summed E-state index contributed by atoms with van der Waals surface area (Å²) >= 11 is 0. The van der Waals surface area contributed by atoms with Crippen molar-refractivity contribution in [1.29, 1.82) is 0 Å². The summed E-state index contributed by atoms with van der Waals surface area (Å²) in [6, 6.07) is 21.0. The average molecular weight is 317 g/mol. The number of rotatable bonds is 5. The van der Waals surface area contributed by atoms with Gasteiger partial charge in [0.05, 0.1) is 12.2 Å². The first kappa shape index (κ1) is 15.7. The van der Waals surface area contributed by atoms with Crippen LogP contribution in [0.15, 0.2) is 72.9 Å². The molecule has 0 fully saturated rings. The molecule has 0 saturated carbocycles. The van der Waals surface area contributed by atoms with Gasteiger partial charge < -0.3 is 10.6 Å². The second-order valence-corrected chi connectivity index (χ2v) is 5.52. The minimum Gasteiger partial charge on any atom is -0.379 e. The van der Waals surface area contributed by atoms with Crippen LogP contribution in [0.5, 0.6) is 0 Å². The van der Waals surface area contributed by atoms with Crippen molar-refractivity contribution in [3.05, 3.63) is 89.7 Å². The van der Waals surface area contributed by atoms with Gasteiger partial charge in [-0.3, -0.25) is 9.78 Å². The van der Waals surface area contributed by atoms with Crippen LogP contribution in [0.3, 0.4) is 0 Å². The van der Waals surface area contributed by atoms with Crippen molar-refractivity contribution in [3.63, 3.8) is 0 Å². The first-order valence-electron chi connectivity index (χ1n) is 7.83. The molecular formula is C20H19N3O. The van der Waals surface area contributed by atoms with Crippen molar-refractivity contribution < 1.29 is 4.79 Å². The summed E-state index contributed by atoms with van der Waals surface area (Å²) in [6.07, 6.45) is 1.78. The highest BCUT2D eigenvalue weighted by atomic mass is 16.1. The van der Waals surface area contributed by atoms with Crippen LogP contribution >= 0.6 is 0 Å². The second kappa shape index (κ2) is 7.42. The van der Waals surface area contributed by atoms with Crippen LogP contribution in [0.2, 0.25) is 0 Å². The maximum Gasteiger partial charge on any atom is 0.255 e. The number of carbonyl (C=O) groups excluding carboxylic acids is 1. The molecule has 0 aliphatic carbocycles. The molecule has 1 heterocycles. The third-order valence-corrected chi connectivity index (χ3v) is 3.73. The molecule has 1 amide bonds. The molecule has 0 bridgehead atoms. The van der Waals surface area contributed by atoms with E-state index >= 15 is 0 Å². The molecule has 0 saturated heterocycles. The lowest BCUT2D eigenvalue weighted by Crippen LogP contribution is -2.13. The van der Waals surface area contributed by atoms with Crippen LogP contribution in [0.25, 0.3) is 0 Å². The zero-order valence-corrected chi connectivity index (χ0v) is 13.5. The van der Waals surface area contributed by atoms with Gasteiger partial charge >= 0.3 is 0 Å². The minimum atomic E-state index is -0.0951. The number of nitrogens with one attached hydrogen (secondary N) is 2. The van der Waals surface area contributed by atoms with Gasteiger partial charge in [0.15, 0.2) is 0 Å². The lowest BCUT2D eigenvalue weighted by Gasteiger charge is -2.09. The number of hydrogen-bond acceptors (Lipinski definition) is 3. The lowest BCUT2D eigenvalue weighted by molar-refractivity contribution is 0.102. The summed E-state index contributed by atoms with van der Waals surface area (Å²) in [7, 11) is 0. The molecule has 0 radical (unpaired) electrons. The van der Waals surface area contributed by atoms with E-state index in [0.29, 0.717) is 12.1 Å². The number of benzene rings is 2. The lowest BCUT2D eigenvalue weighted by atomic mass is 10.1. The zero-order valence-electron chi connectivity index (χ0n) is 13.5. The average Bonchev–Trinajstić information content (AvgIpc) is 2.62. The topological polar surface area (TPSA) is 54.0 Å². The molecule has 24 heavy (non-hydrogen) atoms. The predicted octanol–water partition coefficient (Wildman–Crippen LogP) is 4.25. The van der Waals surface area contributed by atoms with E-state index in [0.717, 1.165) is 22.6 Å². The molecule has 0 unspecified atom stereocenters. The SMILES string of the molecule is Cc1ccccc1C(=O)Nc1ccc(NCc2ccccn2)cc1. The maximum atomic E-state index is 12.3. The van der Waals surface area contributed by atoms with E-state index < -0.39 is 0 Å². The largest absolute Gasteiger partial charge is 0.379 e.